The number of nitro groups is 2. The number of halogens is 3. The fraction of sp³-hybridized carbons (Fsp3) is 0.154. The van der Waals surface area contributed by atoms with Crippen molar-refractivity contribution in [2.75, 3.05) is 5.32 Å². The zero-order chi connectivity index (χ0) is 17.9. The van der Waals surface area contributed by atoms with E-state index in [1.165, 1.54) is 24.3 Å². The topological polar surface area (TPSA) is 111 Å². The van der Waals surface area contributed by atoms with Crippen molar-refractivity contribution >= 4 is 17.2 Å². The monoisotopic (exact) mass is 342 g/mol. The number of aromatic nitrogens is 1. The Balaban J connectivity index is 2.31. The van der Waals surface area contributed by atoms with E-state index < -0.39 is 33.1 Å². The molecule has 0 spiro atoms. The molecular formula is C13H9F3N4O4. The van der Waals surface area contributed by atoms with Crippen LogP contribution < -0.4 is 5.32 Å². The van der Waals surface area contributed by atoms with E-state index in [0.717, 1.165) is 0 Å². The van der Waals surface area contributed by atoms with Gasteiger partial charge in [-0.25, -0.2) is 4.98 Å². The molecule has 24 heavy (non-hydrogen) atoms. The highest BCUT2D eigenvalue weighted by Gasteiger charge is 2.33. The summed E-state index contributed by atoms with van der Waals surface area (Å²) >= 11 is 0. The molecule has 2 rings (SSSR count). The van der Waals surface area contributed by atoms with Gasteiger partial charge in [-0.15, -0.1) is 0 Å². The van der Waals surface area contributed by atoms with E-state index >= 15 is 0 Å². The first-order valence-electron chi connectivity index (χ1n) is 6.38. The van der Waals surface area contributed by atoms with Crippen molar-refractivity contribution in [2.24, 2.45) is 0 Å². The number of nitrogens with one attached hydrogen (secondary N) is 1. The van der Waals surface area contributed by atoms with Gasteiger partial charge in [0, 0.05) is 30.4 Å². The Morgan fingerprint density at radius 3 is 2.29 bits per heavy atom. The second-order valence-corrected chi connectivity index (χ2v) is 4.59. The van der Waals surface area contributed by atoms with Crippen LogP contribution in [-0.2, 0) is 12.7 Å². The summed E-state index contributed by atoms with van der Waals surface area (Å²) in [4.78, 5) is 23.6. The lowest BCUT2D eigenvalue weighted by Gasteiger charge is -2.10. The molecule has 0 radical (unpaired) electrons. The molecule has 0 aliphatic heterocycles. The minimum absolute atomic E-state index is 0.207. The lowest BCUT2D eigenvalue weighted by Crippen LogP contribution is -2.10. The lowest BCUT2D eigenvalue weighted by atomic mass is 10.2. The number of hydrogen-bond acceptors (Lipinski definition) is 6. The minimum atomic E-state index is -4.77. The van der Waals surface area contributed by atoms with Crippen LogP contribution in [0.2, 0.25) is 0 Å². The van der Waals surface area contributed by atoms with Crippen LogP contribution in [0, 0.1) is 20.2 Å². The summed E-state index contributed by atoms with van der Waals surface area (Å²) in [5.41, 5.74) is -2.15. The molecule has 2 aromatic rings. The number of rotatable bonds is 5. The zero-order valence-electron chi connectivity index (χ0n) is 11.8. The molecule has 1 aromatic carbocycles. The Labute approximate surface area is 132 Å². The number of para-hydroxylation sites is 1. The molecule has 0 bridgehead atoms. The van der Waals surface area contributed by atoms with E-state index in [0.29, 0.717) is 12.3 Å². The number of hydrogen-bond donors (Lipinski definition) is 1. The Hall–Kier alpha value is -3.24. The molecule has 1 heterocycles. The lowest BCUT2D eigenvalue weighted by molar-refractivity contribution is -0.385. The van der Waals surface area contributed by atoms with Crippen molar-refractivity contribution in [3.8, 4) is 0 Å². The normalized spacial score (nSPS) is 11.1. The predicted molar refractivity (Wildman–Crippen MR) is 76.3 cm³/mol. The highest BCUT2D eigenvalue weighted by Crippen LogP contribution is 2.33. The highest BCUT2D eigenvalue weighted by molar-refractivity contribution is 5.57. The fourth-order valence-corrected chi connectivity index (χ4v) is 1.90. The number of benzene rings is 1. The average molecular weight is 342 g/mol. The Morgan fingerprint density at radius 2 is 1.71 bits per heavy atom. The van der Waals surface area contributed by atoms with Crippen LogP contribution in [0.3, 0.4) is 0 Å². The zero-order valence-corrected chi connectivity index (χ0v) is 11.8. The van der Waals surface area contributed by atoms with Crippen molar-refractivity contribution in [2.45, 2.75) is 12.7 Å². The molecule has 0 aliphatic carbocycles. The maximum atomic E-state index is 12.6. The molecule has 11 heteroatoms. The standard InChI is InChI=1S/C13H9F3N4O4/c14-13(15,16)9-5-11(20(23)24)12(18-7-9)17-6-8-3-1-2-4-10(8)19(21)22/h1-5,7H,6H2,(H,17,18). The van der Waals surface area contributed by atoms with E-state index in [2.05, 4.69) is 10.3 Å². The highest BCUT2D eigenvalue weighted by atomic mass is 19.4. The quantitative estimate of drug-likeness (QED) is 0.657. The summed E-state index contributed by atoms with van der Waals surface area (Å²) in [6.45, 7) is -0.212. The van der Waals surface area contributed by atoms with Gasteiger partial charge in [0.1, 0.15) is 0 Å². The molecule has 0 amide bonds. The Morgan fingerprint density at radius 1 is 1.08 bits per heavy atom. The molecule has 0 atom stereocenters. The third kappa shape index (κ3) is 3.74. The van der Waals surface area contributed by atoms with Crippen molar-refractivity contribution in [1.29, 1.82) is 0 Å². The first-order chi connectivity index (χ1) is 11.2. The number of nitrogens with zero attached hydrogens (tertiary/aromatic N) is 3. The summed E-state index contributed by atoms with van der Waals surface area (Å²) in [6, 6.07) is 5.99. The SMILES string of the molecule is O=[N+]([O-])c1ccccc1CNc1ncc(C(F)(F)F)cc1[N+](=O)[O-]. The van der Waals surface area contributed by atoms with Gasteiger partial charge in [0.15, 0.2) is 0 Å². The summed E-state index contributed by atoms with van der Waals surface area (Å²) in [5, 5.41) is 24.3. The van der Waals surface area contributed by atoms with Crippen molar-refractivity contribution in [1.82, 2.24) is 4.98 Å². The summed E-state index contributed by atoms with van der Waals surface area (Å²) < 4.78 is 37.8. The molecule has 1 aromatic heterocycles. The summed E-state index contributed by atoms with van der Waals surface area (Å²) in [5.74, 6) is -0.411. The molecule has 0 saturated carbocycles. The van der Waals surface area contributed by atoms with E-state index in [9.17, 15) is 33.4 Å². The van der Waals surface area contributed by atoms with Crippen molar-refractivity contribution in [3.63, 3.8) is 0 Å². The van der Waals surface area contributed by atoms with E-state index in [1.807, 2.05) is 0 Å². The van der Waals surface area contributed by atoms with Crippen LogP contribution in [0.1, 0.15) is 11.1 Å². The van der Waals surface area contributed by atoms with Crippen LogP contribution in [0.4, 0.5) is 30.4 Å². The predicted octanol–water partition coefficient (Wildman–Crippen LogP) is 3.53. The molecular weight excluding hydrogens is 333 g/mol. The van der Waals surface area contributed by atoms with Gasteiger partial charge in [0.05, 0.1) is 15.4 Å². The van der Waals surface area contributed by atoms with Crippen LogP contribution in [0.15, 0.2) is 36.5 Å². The van der Waals surface area contributed by atoms with Crippen LogP contribution in [0.5, 0.6) is 0 Å². The smallest absolute Gasteiger partial charge is 0.360 e. The second kappa shape index (κ2) is 6.48. The Bertz CT molecular complexity index is 795. The molecule has 1 N–H and O–H groups in total. The van der Waals surface area contributed by atoms with Crippen LogP contribution >= 0.6 is 0 Å². The van der Waals surface area contributed by atoms with E-state index in [1.54, 1.807) is 0 Å². The van der Waals surface area contributed by atoms with Gasteiger partial charge in [-0.1, -0.05) is 18.2 Å². The number of pyridine rings is 1. The maximum Gasteiger partial charge on any atom is 0.418 e. The van der Waals surface area contributed by atoms with Crippen molar-refractivity contribution in [3.05, 3.63) is 67.9 Å². The summed E-state index contributed by atoms with van der Waals surface area (Å²) in [7, 11) is 0. The molecule has 0 saturated heterocycles. The van der Waals surface area contributed by atoms with Gasteiger partial charge in [-0.2, -0.15) is 13.2 Å². The first kappa shape index (κ1) is 17.1. The fourth-order valence-electron chi connectivity index (χ4n) is 1.90. The van der Waals surface area contributed by atoms with Gasteiger partial charge in [-0.05, 0) is 0 Å². The maximum absolute atomic E-state index is 12.6. The number of anilines is 1. The van der Waals surface area contributed by atoms with Crippen LogP contribution in [-0.4, -0.2) is 14.8 Å². The molecule has 126 valence electrons. The van der Waals surface area contributed by atoms with Gasteiger partial charge in [0.25, 0.3) is 5.69 Å². The van der Waals surface area contributed by atoms with Gasteiger partial charge >= 0.3 is 11.9 Å². The Kier molecular flexibility index (Phi) is 4.62. The minimum Gasteiger partial charge on any atom is -0.360 e. The van der Waals surface area contributed by atoms with Crippen molar-refractivity contribution < 1.29 is 23.0 Å². The van der Waals surface area contributed by atoms with E-state index in [4.69, 9.17) is 0 Å². The molecule has 0 unspecified atom stereocenters. The van der Waals surface area contributed by atoms with Gasteiger partial charge in [-0.3, -0.25) is 20.2 Å². The molecule has 8 nitrogen and oxygen atoms in total. The average Bonchev–Trinajstić information content (AvgIpc) is 2.51. The number of nitro benzene ring substituents is 1. The third-order valence-electron chi connectivity index (χ3n) is 3.03. The second-order valence-electron chi connectivity index (χ2n) is 4.59. The molecule has 0 aliphatic rings. The van der Waals surface area contributed by atoms with Crippen LogP contribution in [0.25, 0.3) is 0 Å². The van der Waals surface area contributed by atoms with Gasteiger partial charge < -0.3 is 5.32 Å². The third-order valence-corrected chi connectivity index (χ3v) is 3.03. The van der Waals surface area contributed by atoms with E-state index in [-0.39, 0.29) is 17.8 Å². The number of alkyl halides is 3. The molecule has 0 fully saturated rings. The largest absolute Gasteiger partial charge is 0.418 e. The first-order valence-corrected chi connectivity index (χ1v) is 6.38. The summed E-state index contributed by atoms with van der Waals surface area (Å²) in [6.07, 6.45) is -4.32. The van der Waals surface area contributed by atoms with Gasteiger partial charge in [0.2, 0.25) is 5.82 Å².